The van der Waals surface area contributed by atoms with Crippen LogP contribution in [-0.2, 0) is 10.1 Å². The van der Waals surface area contributed by atoms with Crippen LogP contribution in [0.2, 0.25) is 0 Å². The van der Waals surface area contributed by atoms with Gasteiger partial charge in [0, 0.05) is 12.6 Å². The van der Waals surface area contributed by atoms with Crippen molar-refractivity contribution in [2.75, 3.05) is 18.1 Å². The molecule has 0 spiro atoms. The smallest absolute Gasteiger partial charge is 0.294 e. The monoisotopic (exact) mass is 403 g/mol. The molecule has 0 amide bonds. The fourth-order valence-electron chi connectivity index (χ4n) is 2.34. The van der Waals surface area contributed by atoms with Gasteiger partial charge in [0.1, 0.15) is 17.6 Å². The van der Waals surface area contributed by atoms with E-state index in [-0.39, 0.29) is 21.4 Å². The zero-order valence-electron chi connectivity index (χ0n) is 14.1. The van der Waals surface area contributed by atoms with Crippen molar-refractivity contribution in [3.05, 3.63) is 29.3 Å². The molecule has 4 N–H and O–H groups in total. The largest absolute Gasteiger partial charge is 0.383 e. The van der Waals surface area contributed by atoms with Gasteiger partial charge in [-0.05, 0) is 25.1 Å². The van der Waals surface area contributed by atoms with Gasteiger partial charge >= 0.3 is 0 Å². The number of fused-ring (bicyclic) bond motifs is 1. The van der Waals surface area contributed by atoms with E-state index in [0.717, 1.165) is 11.3 Å². The van der Waals surface area contributed by atoms with Crippen molar-refractivity contribution in [2.24, 2.45) is 10.2 Å². The summed E-state index contributed by atoms with van der Waals surface area (Å²) in [6.07, 6.45) is 0. The first kappa shape index (κ1) is 18.6. The number of nitrogens with two attached hydrogens (primary N) is 1. The molecule has 12 heteroatoms. The molecule has 0 atom stereocenters. The molecule has 3 aromatic rings. The molecule has 0 bridgehead atoms. The van der Waals surface area contributed by atoms with Crippen molar-refractivity contribution in [1.82, 2.24) is 9.97 Å². The lowest BCUT2D eigenvalue weighted by Gasteiger charge is -2.09. The Hall–Kier alpha value is -3.14. The number of nitriles is 1. The van der Waals surface area contributed by atoms with Crippen molar-refractivity contribution in [3.63, 3.8) is 0 Å². The third kappa shape index (κ3) is 3.56. The molecule has 3 rings (SSSR count). The number of nitrogen functional groups attached to an aromatic ring is 1. The van der Waals surface area contributed by atoms with Gasteiger partial charge in [-0.15, -0.1) is 10.2 Å². The summed E-state index contributed by atoms with van der Waals surface area (Å²) in [6, 6.07) is 6.02. The first-order valence-electron chi connectivity index (χ1n) is 7.42. The molecule has 1 aromatic carbocycles. The normalized spacial score (nSPS) is 11.8. The molecule has 0 fully saturated rings. The second-order valence-corrected chi connectivity index (χ2v) is 7.79. The Kier molecular flexibility index (Phi) is 4.75. The molecule has 0 aliphatic rings. The van der Waals surface area contributed by atoms with Gasteiger partial charge in [0.15, 0.2) is 5.82 Å². The third-order valence-electron chi connectivity index (χ3n) is 3.67. The molecule has 27 heavy (non-hydrogen) atoms. The highest BCUT2D eigenvalue weighted by molar-refractivity contribution is 7.85. The van der Waals surface area contributed by atoms with Crippen LogP contribution >= 0.6 is 11.3 Å². The summed E-state index contributed by atoms with van der Waals surface area (Å²) in [5.41, 5.74) is 7.36. The molecule has 2 heterocycles. The Balaban J connectivity index is 2.05. The topological polar surface area (TPSA) is 167 Å². The molecule has 138 valence electrons. The van der Waals surface area contributed by atoms with Crippen LogP contribution in [0.5, 0.6) is 0 Å². The van der Waals surface area contributed by atoms with Gasteiger partial charge in [-0.25, -0.2) is 9.97 Å². The van der Waals surface area contributed by atoms with E-state index in [2.05, 4.69) is 25.5 Å². The number of thiazole rings is 1. The highest BCUT2D eigenvalue weighted by Crippen LogP contribution is 2.35. The first-order chi connectivity index (χ1) is 12.7. The Morgan fingerprint density at radius 2 is 2.07 bits per heavy atom. The average molecular weight is 403 g/mol. The fourth-order valence-corrected chi connectivity index (χ4v) is 3.75. The van der Waals surface area contributed by atoms with Crippen molar-refractivity contribution < 1.29 is 13.0 Å². The number of pyridine rings is 1. The van der Waals surface area contributed by atoms with Crippen LogP contribution in [0.1, 0.15) is 11.1 Å². The van der Waals surface area contributed by atoms with Gasteiger partial charge in [0.05, 0.1) is 20.7 Å². The summed E-state index contributed by atoms with van der Waals surface area (Å²) in [6.45, 7) is 1.68. The summed E-state index contributed by atoms with van der Waals surface area (Å²) >= 11 is 1.10. The van der Waals surface area contributed by atoms with Crippen LogP contribution < -0.4 is 11.1 Å². The minimum absolute atomic E-state index is 0.0935. The standard InChI is InChI=1S/C15H13N7O3S2/c1-7-9(6-16)13(17)20-14(18-2)12(7)21-22-15-19-10-4-3-8(27(23,24)25)5-11(10)26-15/h3-5H,1-2H3,(H3,17,18,20)(H,23,24,25). The van der Waals surface area contributed by atoms with Gasteiger partial charge in [-0.1, -0.05) is 11.3 Å². The number of anilines is 2. The molecule has 0 unspecified atom stereocenters. The SMILES string of the molecule is CNc1nc(N)c(C#N)c(C)c1N=Nc1nc2ccc(S(=O)(=O)O)cc2s1. The lowest BCUT2D eigenvalue weighted by molar-refractivity contribution is 0.483. The molecule has 2 aromatic heterocycles. The lowest BCUT2D eigenvalue weighted by Crippen LogP contribution is -2.02. The first-order valence-corrected chi connectivity index (χ1v) is 9.68. The number of hydrogen-bond acceptors (Lipinski definition) is 10. The van der Waals surface area contributed by atoms with Gasteiger partial charge in [0.2, 0.25) is 5.13 Å². The second kappa shape index (κ2) is 6.88. The lowest BCUT2D eigenvalue weighted by atomic mass is 10.1. The number of benzene rings is 1. The molecule has 0 aliphatic heterocycles. The van der Waals surface area contributed by atoms with Crippen LogP contribution in [0, 0.1) is 18.3 Å². The summed E-state index contributed by atoms with van der Waals surface area (Å²) in [4.78, 5) is 8.12. The number of nitrogens with zero attached hydrogens (tertiary/aromatic N) is 5. The molecule has 0 aliphatic carbocycles. The maximum Gasteiger partial charge on any atom is 0.294 e. The number of nitrogens with one attached hydrogen (secondary N) is 1. The quantitative estimate of drug-likeness (QED) is 0.441. The highest BCUT2D eigenvalue weighted by Gasteiger charge is 2.15. The zero-order chi connectivity index (χ0) is 19.8. The van der Waals surface area contributed by atoms with Crippen LogP contribution in [0.3, 0.4) is 0 Å². The fraction of sp³-hybridized carbons (Fsp3) is 0.133. The Bertz CT molecular complexity index is 1230. The molecular formula is C15H13N7O3S2. The summed E-state index contributed by atoms with van der Waals surface area (Å²) in [5, 5.41) is 20.5. The van der Waals surface area contributed by atoms with Crippen LogP contribution in [0.15, 0.2) is 33.3 Å². The number of aromatic nitrogens is 2. The number of rotatable bonds is 4. The third-order valence-corrected chi connectivity index (χ3v) is 5.43. The summed E-state index contributed by atoms with van der Waals surface area (Å²) in [5.74, 6) is 0.457. The van der Waals surface area contributed by atoms with E-state index >= 15 is 0 Å². The van der Waals surface area contributed by atoms with Gasteiger partial charge in [0.25, 0.3) is 10.1 Å². The molecule has 0 radical (unpaired) electrons. The van der Waals surface area contributed by atoms with E-state index in [1.807, 2.05) is 6.07 Å². The van der Waals surface area contributed by atoms with Gasteiger partial charge in [-0.3, -0.25) is 4.55 Å². The van der Waals surface area contributed by atoms with Crippen molar-refractivity contribution in [2.45, 2.75) is 11.8 Å². The van der Waals surface area contributed by atoms with E-state index in [4.69, 9.17) is 10.3 Å². The van der Waals surface area contributed by atoms with Crippen LogP contribution in [-0.4, -0.2) is 30.0 Å². The van der Waals surface area contributed by atoms with Crippen LogP contribution in [0.25, 0.3) is 10.2 Å². The molecule has 0 saturated heterocycles. The number of azo groups is 1. The predicted octanol–water partition coefficient (Wildman–Crippen LogP) is 3.16. The summed E-state index contributed by atoms with van der Waals surface area (Å²) < 4.78 is 32.1. The van der Waals surface area contributed by atoms with Crippen LogP contribution in [0.4, 0.5) is 22.5 Å². The van der Waals surface area contributed by atoms with Crippen molar-refractivity contribution in [3.8, 4) is 6.07 Å². The molecule has 10 nitrogen and oxygen atoms in total. The maximum absolute atomic E-state index is 11.2. The van der Waals surface area contributed by atoms with E-state index in [0.29, 0.717) is 27.3 Å². The Labute approximate surface area is 158 Å². The number of hydrogen-bond donors (Lipinski definition) is 3. The second-order valence-electron chi connectivity index (χ2n) is 5.36. The molecular weight excluding hydrogens is 390 g/mol. The minimum atomic E-state index is -4.30. The average Bonchev–Trinajstić information content (AvgIpc) is 3.02. The Morgan fingerprint density at radius 1 is 1.33 bits per heavy atom. The van der Waals surface area contributed by atoms with E-state index in [9.17, 15) is 13.7 Å². The Morgan fingerprint density at radius 3 is 2.70 bits per heavy atom. The maximum atomic E-state index is 11.2. The zero-order valence-corrected chi connectivity index (χ0v) is 15.8. The van der Waals surface area contributed by atoms with E-state index in [1.165, 1.54) is 18.2 Å². The van der Waals surface area contributed by atoms with Gasteiger partial charge in [-0.2, -0.15) is 13.7 Å². The minimum Gasteiger partial charge on any atom is -0.383 e. The van der Waals surface area contributed by atoms with Crippen molar-refractivity contribution >= 4 is 54.1 Å². The molecule has 0 saturated carbocycles. The van der Waals surface area contributed by atoms with Crippen molar-refractivity contribution in [1.29, 1.82) is 5.26 Å². The van der Waals surface area contributed by atoms with E-state index in [1.54, 1.807) is 14.0 Å². The highest BCUT2D eigenvalue weighted by atomic mass is 32.2. The predicted molar refractivity (Wildman–Crippen MR) is 101 cm³/mol. The summed E-state index contributed by atoms with van der Waals surface area (Å²) in [7, 11) is -2.66. The van der Waals surface area contributed by atoms with Gasteiger partial charge < -0.3 is 11.1 Å². The van der Waals surface area contributed by atoms with E-state index < -0.39 is 10.1 Å².